The summed E-state index contributed by atoms with van der Waals surface area (Å²) in [6, 6.07) is 7.44. The second-order valence-corrected chi connectivity index (χ2v) is 8.92. The van der Waals surface area contributed by atoms with E-state index in [9.17, 15) is 8.42 Å². The van der Waals surface area contributed by atoms with Crippen LogP contribution in [0.3, 0.4) is 0 Å². The SMILES string of the molecule is CCc1ccccc1S(=O)(=O)N1CCC(C2CCN(C)CC2)C1. The number of hydrogen-bond acceptors (Lipinski definition) is 3. The number of rotatable bonds is 4. The molecule has 0 radical (unpaired) electrons. The van der Waals surface area contributed by atoms with Gasteiger partial charge in [-0.1, -0.05) is 25.1 Å². The molecule has 2 aliphatic heterocycles. The van der Waals surface area contributed by atoms with Crippen molar-refractivity contribution < 1.29 is 8.42 Å². The van der Waals surface area contributed by atoms with Crippen molar-refractivity contribution in [2.24, 2.45) is 11.8 Å². The Balaban J connectivity index is 1.73. The lowest BCUT2D eigenvalue weighted by molar-refractivity contribution is 0.175. The van der Waals surface area contributed by atoms with Gasteiger partial charge in [-0.2, -0.15) is 4.31 Å². The molecule has 0 spiro atoms. The van der Waals surface area contributed by atoms with Gasteiger partial charge in [-0.05, 0) is 69.3 Å². The normalized spacial score (nSPS) is 25.0. The maximum atomic E-state index is 13.0. The number of benzene rings is 1. The van der Waals surface area contributed by atoms with Crippen molar-refractivity contribution >= 4 is 10.0 Å². The maximum Gasteiger partial charge on any atom is 0.243 e. The third-order valence-electron chi connectivity index (χ3n) is 5.59. The molecule has 0 saturated carbocycles. The number of sulfonamides is 1. The molecule has 1 atom stereocenters. The molecule has 1 aromatic carbocycles. The van der Waals surface area contributed by atoms with Crippen LogP contribution >= 0.6 is 0 Å². The van der Waals surface area contributed by atoms with E-state index in [1.54, 1.807) is 10.4 Å². The zero-order valence-corrected chi connectivity index (χ0v) is 15.1. The first-order chi connectivity index (χ1) is 11.0. The summed E-state index contributed by atoms with van der Waals surface area (Å²) in [7, 11) is -1.17. The van der Waals surface area contributed by atoms with Crippen molar-refractivity contribution in [2.75, 3.05) is 33.2 Å². The molecule has 0 aliphatic carbocycles. The Bertz CT molecular complexity index is 636. The van der Waals surface area contributed by atoms with Crippen LogP contribution in [0, 0.1) is 11.8 Å². The van der Waals surface area contributed by atoms with Gasteiger partial charge in [-0.3, -0.25) is 0 Å². The first-order valence-corrected chi connectivity index (χ1v) is 10.2. The number of likely N-dealkylation sites (tertiary alicyclic amines) is 1. The van der Waals surface area contributed by atoms with Crippen LogP contribution in [0.25, 0.3) is 0 Å². The smallest absolute Gasteiger partial charge is 0.243 e. The molecule has 2 heterocycles. The standard InChI is InChI=1S/C18H28N2O2S/c1-3-15-6-4-5-7-18(15)23(21,22)20-13-10-17(14-20)16-8-11-19(2)12-9-16/h4-7,16-17H,3,8-14H2,1-2H3. The molecule has 23 heavy (non-hydrogen) atoms. The maximum absolute atomic E-state index is 13.0. The van der Waals surface area contributed by atoms with Crippen LogP contribution in [-0.2, 0) is 16.4 Å². The molecule has 2 fully saturated rings. The lowest BCUT2D eigenvalue weighted by atomic mass is 9.84. The van der Waals surface area contributed by atoms with Crippen molar-refractivity contribution in [3.8, 4) is 0 Å². The average Bonchev–Trinajstić information content (AvgIpc) is 3.06. The van der Waals surface area contributed by atoms with Gasteiger partial charge in [0, 0.05) is 13.1 Å². The van der Waals surface area contributed by atoms with Crippen molar-refractivity contribution in [3.63, 3.8) is 0 Å². The minimum absolute atomic E-state index is 0.506. The molecule has 3 rings (SSSR count). The summed E-state index contributed by atoms with van der Waals surface area (Å²) in [4.78, 5) is 2.88. The Morgan fingerprint density at radius 3 is 2.39 bits per heavy atom. The van der Waals surface area contributed by atoms with Crippen molar-refractivity contribution in [3.05, 3.63) is 29.8 Å². The molecule has 0 N–H and O–H groups in total. The number of nitrogens with zero attached hydrogens (tertiary/aromatic N) is 2. The summed E-state index contributed by atoms with van der Waals surface area (Å²) in [5.41, 5.74) is 0.926. The van der Waals surface area contributed by atoms with Gasteiger partial charge in [0.15, 0.2) is 0 Å². The van der Waals surface area contributed by atoms with Gasteiger partial charge in [-0.25, -0.2) is 8.42 Å². The number of hydrogen-bond donors (Lipinski definition) is 0. The minimum Gasteiger partial charge on any atom is -0.306 e. The Morgan fingerprint density at radius 2 is 1.70 bits per heavy atom. The summed E-state index contributed by atoms with van der Waals surface area (Å²) >= 11 is 0. The lowest BCUT2D eigenvalue weighted by Crippen LogP contribution is -2.35. The van der Waals surface area contributed by atoms with E-state index in [1.165, 1.54) is 12.8 Å². The largest absolute Gasteiger partial charge is 0.306 e. The highest BCUT2D eigenvalue weighted by atomic mass is 32.2. The van der Waals surface area contributed by atoms with Gasteiger partial charge in [-0.15, -0.1) is 0 Å². The summed E-state index contributed by atoms with van der Waals surface area (Å²) < 4.78 is 27.8. The average molecular weight is 337 g/mol. The van der Waals surface area contributed by atoms with Crippen LogP contribution in [-0.4, -0.2) is 50.8 Å². The zero-order chi connectivity index (χ0) is 16.4. The Labute approximate surface area is 140 Å². The molecule has 0 amide bonds. The molecule has 1 unspecified atom stereocenters. The fraction of sp³-hybridized carbons (Fsp3) is 0.667. The topological polar surface area (TPSA) is 40.6 Å². The first kappa shape index (κ1) is 16.9. The number of aryl methyl sites for hydroxylation is 1. The molecule has 2 saturated heterocycles. The highest BCUT2D eigenvalue weighted by Crippen LogP contribution is 2.34. The molecule has 0 bridgehead atoms. The third-order valence-corrected chi connectivity index (χ3v) is 7.55. The molecular formula is C18H28N2O2S. The van der Waals surface area contributed by atoms with Gasteiger partial charge in [0.25, 0.3) is 0 Å². The Kier molecular flexibility index (Phi) is 5.09. The second kappa shape index (κ2) is 6.91. The fourth-order valence-corrected chi connectivity index (χ4v) is 5.85. The van der Waals surface area contributed by atoms with Crippen LogP contribution in [0.4, 0.5) is 0 Å². The van der Waals surface area contributed by atoms with E-state index in [-0.39, 0.29) is 0 Å². The zero-order valence-electron chi connectivity index (χ0n) is 14.2. The van der Waals surface area contributed by atoms with E-state index >= 15 is 0 Å². The van der Waals surface area contributed by atoms with Crippen molar-refractivity contribution in [2.45, 2.75) is 37.5 Å². The van der Waals surface area contributed by atoms with E-state index < -0.39 is 10.0 Å². The van der Waals surface area contributed by atoms with Crippen LogP contribution in [0.1, 0.15) is 31.7 Å². The van der Waals surface area contributed by atoms with E-state index in [0.29, 0.717) is 29.8 Å². The highest BCUT2D eigenvalue weighted by molar-refractivity contribution is 7.89. The van der Waals surface area contributed by atoms with Crippen LogP contribution in [0.5, 0.6) is 0 Å². The number of piperidine rings is 1. The van der Waals surface area contributed by atoms with E-state index in [4.69, 9.17) is 0 Å². The summed E-state index contributed by atoms with van der Waals surface area (Å²) in [6.07, 6.45) is 4.19. The van der Waals surface area contributed by atoms with E-state index in [1.807, 2.05) is 25.1 Å². The van der Waals surface area contributed by atoms with Gasteiger partial charge >= 0.3 is 0 Å². The summed E-state index contributed by atoms with van der Waals surface area (Å²) in [5, 5.41) is 0. The van der Waals surface area contributed by atoms with Gasteiger partial charge in [0.05, 0.1) is 4.90 Å². The molecule has 0 aromatic heterocycles. The van der Waals surface area contributed by atoms with E-state index in [0.717, 1.165) is 31.5 Å². The molecule has 1 aromatic rings. The van der Waals surface area contributed by atoms with Crippen molar-refractivity contribution in [1.82, 2.24) is 9.21 Å². The lowest BCUT2D eigenvalue weighted by Gasteiger charge is -2.32. The quantitative estimate of drug-likeness (QED) is 0.848. The predicted octanol–water partition coefficient (Wildman–Crippen LogP) is 2.60. The van der Waals surface area contributed by atoms with Crippen molar-refractivity contribution in [1.29, 1.82) is 0 Å². The third kappa shape index (κ3) is 3.47. The highest BCUT2D eigenvalue weighted by Gasteiger charge is 2.37. The van der Waals surface area contributed by atoms with Gasteiger partial charge < -0.3 is 4.90 Å². The Morgan fingerprint density at radius 1 is 1.04 bits per heavy atom. The molecule has 4 nitrogen and oxygen atoms in total. The minimum atomic E-state index is -3.34. The molecule has 128 valence electrons. The second-order valence-electron chi connectivity index (χ2n) is 7.01. The van der Waals surface area contributed by atoms with Gasteiger partial charge in [0.1, 0.15) is 0 Å². The van der Waals surface area contributed by atoms with Crippen LogP contribution in [0.2, 0.25) is 0 Å². The first-order valence-electron chi connectivity index (χ1n) is 8.79. The monoisotopic (exact) mass is 336 g/mol. The van der Waals surface area contributed by atoms with E-state index in [2.05, 4.69) is 11.9 Å². The van der Waals surface area contributed by atoms with Crippen LogP contribution in [0.15, 0.2) is 29.2 Å². The predicted molar refractivity (Wildman–Crippen MR) is 92.9 cm³/mol. The molecular weight excluding hydrogens is 308 g/mol. The Hall–Kier alpha value is -0.910. The van der Waals surface area contributed by atoms with Gasteiger partial charge in [0.2, 0.25) is 10.0 Å². The fourth-order valence-electron chi connectivity index (χ4n) is 4.04. The molecule has 5 heteroatoms. The summed E-state index contributed by atoms with van der Waals surface area (Å²) in [5.74, 6) is 1.22. The summed E-state index contributed by atoms with van der Waals surface area (Å²) in [6.45, 7) is 5.69. The molecule has 2 aliphatic rings. The van der Waals surface area contributed by atoms with Crippen LogP contribution < -0.4 is 0 Å².